The van der Waals surface area contributed by atoms with Crippen LogP contribution in [0.5, 0.6) is 5.75 Å². The lowest BCUT2D eigenvalue weighted by molar-refractivity contribution is -0.160. The van der Waals surface area contributed by atoms with Gasteiger partial charge in [-0.15, -0.1) is 0 Å². The third-order valence-corrected chi connectivity index (χ3v) is 6.52. The first-order valence-corrected chi connectivity index (χ1v) is 12.0. The summed E-state index contributed by atoms with van der Waals surface area (Å²) in [4.78, 5) is 29.2. The molecule has 2 aliphatic heterocycles. The SMILES string of the molecule is CC(F)(F)Oc1ccc(CCC(=O)N2CCc3cc(C(=O)N4CCc5n[nH]nc5C4)nn3CC2)cc1F. The lowest BCUT2D eigenvalue weighted by atomic mass is 10.1. The molecular weight excluding hydrogens is 491 g/mol. The lowest BCUT2D eigenvalue weighted by Gasteiger charge is -2.24. The van der Waals surface area contributed by atoms with Crippen molar-refractivity contribution in [3.05, 3.63) is 58.4 Å². The Bertz CT molecular complexity index is 1290. The first-order valence-electron chi connectivity index (χ1n) is 12.0. The van der Waals surface area contributed by atoms with Crippen LogP contribution in [-0.2, 0) is 37.1 Å². The maximum absolute atomic E-state index is 14.1. The molecule has 0 bridgehead atoms. The summed E-state index contributed by atoms with van der Waals surface area (Å²) in [6, 6.07) is 5.50. The van der Waals surface area contributed by atoms with Crippen molar-refractivity contribution in [2.75, 3.05) is 19.6 Å². The number of benzene rings is 1. The zero-order valence-corrected chi connectivity index (χ0v) is 20.2. The molecular formula is C24H26F3N7O3. The van der Waals surface area contributed by atoms with E-state index in [1.807, 2.05) is 0 Å². The van der Waals surface area contributed by atoms with Crippen LogP contribution in [0, 0.1) is 5.82 Å². The van der Waals surface area contributed by atoms with Crippen LogP contribution in [-0.4, -0.2) is 72.5 Å². The summed E-state index contributed by atoms with van der Waals surface area (Å²) in [7, 11) is 0. The smallest absolute Gasteiger partial charge is 0.395 e. The Hall–Kier alpha value is -3.90. The Balaban J connectivity index is 1.14. The Morgan fingerprint density at radius 3 is 2.62 bits per heavy atom. The molecule has 0 radical (unpaired) electrons. The maximum atomic E-state index is 14.1. The molecule has 4 heterocycles. The maximum Gasteiger partial charge on any atom is 0.395 e. The summed E-state index contributed by atoms with van der Waals surface area (Å²) < 4.78 is 46.1. The normalized spacial score (nSPS) is 15.7. The van der Waals surface area contributed by atoms with Crippen molar-refractivity contribution in [2.24, 2.45) is 0 Å². The molecule has 0 fully saturated rings. The predicted octanol–water partition coefficient (Wildman–Crippen LogP) is 2.35. The molecule has 1 N–H and O–H groups in total. The van der Waals surface area contributed by atoms with E-state index in [0.717, 1.165) is 29.2 Å². The topological polar surface area (TPSA) is 109 Å². The van der Waals surface area contributed by atoms with E-state index in [1.54, 1.807) is 20.5 Å². The van der Waals surface area contributed by atoms with E-state index < -0.39 is 17.7 Å². The van der Waals surface area contributed by atoms with Crippen molar-refractivity contribution in [3.63, 3.8) is 0 Å². The number of aromatic amines is 1. The average Bonchev–Trinajstić information content (AvgIpc) is 3.44. The highest BCUT2D eigenvalue weighted by molar-refractivity contribution is 5.92. The molecule has 0 unspecified atom stereocenters. The highest BCUT2D eigenvalue weighted by Gasteiger charge is 2.28. The summed E-state index contributed by atoms with van der Waals surface area (Å²) in [6.07, 6.45) is -1.88. The summed E-state index contributed by atoms with van der Waals surface area (Å²) in [5, 5.41) is 15.3. The number of aryl methyl sites for hydroxylation is 1. The largest absolute Gasteiger partial charge is 0.430 e. The van der Waals surface area contributed by atoms with Crippen LogP contribution >= 0.6 is 0 Å². The highest BCUT2D eigenvalue weighted by Crippen LogP contribution is 2.25. The van der Waals surface area contributed by atoms with Gasteiger partial charge in [0, 0.05) is 51.5 Å². The first-order chi connectivity index (χ1) is 17.7. The van der Waals surface area contributed by atoms with Crippen molar-refractivity contribution >= 4 is 11.8 Å². The van der Waals surface area contributed by atoms with Gasteiger partial charge in [-0.05, 0) is 30.2 Å². The lowest BCUT2D eigenvalue weighted by Crippen LogP contribution is -2.36. The van der Waals surface area contributed by atoms with Crippen LogP contribution in [0.1, 0.15) is 46.5 Å². The summed E-state index contributed by atoms with van der Waals surface area (Å²) in [5.74, 6) is -1.69. The summed E-state index contributed by atoms with van der Waals surface area (Å²) in [6.45, 7) is 2.82. The van der Waals surface area contributed by atoms with E-state index in [0.29, 0.717) is 63.7 Å². The van der Waals surface area contributed by atoms with E-state index in [4.69, 9.17) is 0 Å². The quantitative estimate of drug-likeness (QED) is 0.538. The molecule has 0 atom stereocenters. The molecule has 5 rings (SSSR count). The van der Waals surface area contributed by atoms with Gasteiger partial charge in [-0.3, -0.25) is 14.3 Å². The Morgan fingerprint density at radius 1 is 1.05 bits per heavy atom. The van der Waals surface area contributed by atoms with Gasteiger partial charge in [-0.25, -0.2) is 4.39 Å². The number of aromatic nitrogens is 5. The van der Waals surface area contributed by atoms with E-state index >= 15 is 0 Å². The van der Waals surface area contributed by atoms with E-state index in [1.165, 1.54) is 6.07 Å². The molecule has 13 heteroatoms. The van der Waals surface area contributed by atoms with Crippen molar-refractivity contribution in [3.8, 4) is 5.75 Å². The van der Waals surface area contributed by atoms with E-state index in [9.17, 15) is 22.8 Å². The number of alkyl halides is 2. The molecule has 10 nitrogen and oxygen atoms in total. The minimum absolute atomic E-state index is 0.0976. The third kappa shape index (κ3) is 5.59. The number of hydrogen-bond acceptors (Lipinski definition) is 6. The van der Waals surface area contributed by atoms with Crippen molar-refractivity contribution < 1.29 is 27.5 Å². The molecule has 2 aliphatic rings. The fraction of sp³-hybridized carbons (Fsp3) is 0.458. The monoisotopic (exact) mass is 517 g/mol. The van der Waals surface area contributed by atoms with Crippen molar-refractivity contribution in [1.82, 2.24) is 35.0 Å². The molecule has 0 saturated heterocycles. The number of carbonyl (C=O) groups excluding carboxylic acids is 2. The second-order valence-electron chi connectivity index (χ2n) is 9.24. The van der Waals surface area contributed by atoms with Crippen LogP contribution in [0.2, 0.25) is 0 Å². The van der Waals surface area contributed by atoms with Crippen molar-refractivity contribution in [2.45, 2.75) is 51.8 Å². The number of H-pyrrole nitrogens is 1. The fourth-order valence-electron chi connectivity index (χ4n) is 4.60. The average molecular weight is 518 g/mol. The number of fused-ring (bicyclic) bond motifs is 2. The second kappa shape index (κ2) is 9.87. The van der Waals surface area contributed by atoms with Crippen LogP contribution < -0.4 is 4.74 Å². The van der Waals surface area contributed by atoms with Crippen LogP contribution in [0.3, 0.4) is 0 Å². The Kier molecular flexibility index (Phi) is 6.61. The van der Waals surface area contributed by atoms with Crippen LogP contribution in [0.4, 0.5) is 13.2 Å². The number of amides is 2. The minimum Gasteiger partial charge on any atom is -0.430 e. The molecule has 2 amide bonds. The number of hydrogen-bond donors (Lipinski definition) is 1. The number of halogens is 3. The summed E-state index contributed by atoms with van der Waals surface area (Å²) >= 11 is 0. The molecule has 0 saturated carbocycles. The minimum atomic E-state index is -3.48. The Labute approximate surface area is 210 Å². The van der Waals surface area contributed by atoms with Gasteiger partial charge in [-0.1, -0.05) is 6.07 Å². The van der Waals surface area contributed by atoms with Crippen LogP contribution in [0.25, 0.3) is 0 Å². The van der Waals surface area contributed by atoms with Gasteiger partial charge in [0.05, 0.1) is 18.8 Å². The van der Waals surface area contributed by atoms with Gasteiger partial charge in [0.25, 0.3) is 5.91 Å². The number of nitrogens with one attached hydrogen (secondary N) is 1. The zero-order valence-electron chi connectivity index (χ0n) is 20.2. The molecule has 2 aromatic heterocycles. The Morgan fingerprint density at radius 2 is 1.84 bits per heavy atom. The van der Waals surface area contributed by atoms with Gasteiger partial charge < -0.3 is 14.5 Å². The van der Waals surface area contributed by atoms with Crippen LogP contribution in [0.15, 0.2) is 24.3 Å². The molecule has 37 heavy (non-hydrogen) atoms. The standard InChI is InChI=1S/C24H26F3N7O3/c1-24(26,27)37-21-4-2-15(12-17(21)25)3-5-22(35)32-8-6-16-13-19(30-34(16)11-10-32)23(36)33-9-7-18-20(14-33)29-31-28-18/h2,4,12-13H,3,5-11,14H2,1H3,(H,28,29,31). The number of nitrogens with zero attached hydrogens (tertiary/aromatic N) is 6. The van der Waals surface area contributed by atoms with Gasteiger partial charge >= 0.3 is 6.11 Å². The number of rotatable bonds is 6. The van der Waals surface area contributed by atoms with E-state index in [-0.39, 0.29) is 24.7 Å². The van der Waals surface area contributed by atoms with Crippen molar-refractivity contribution in [1.29, 1.82) is 0 Å². The molecule has 0 spiro atoms. The van der Waals surface area contributed by atoms with Gasteiger partial charge in [0.1, 0.15) is 5.69 Å². The van der Waals surface area contributed by atoms with Gasteiger partial charge in [0.2, 0.25) is 5.91 Å². The van der Waals surface area contributed by atoms with Gasteiger partial charge in [-0.2, -0.15) is 29.3 Å². The number of carbonyl (C=O) groups is 2. The molecule has 1 aromatic carbocycles. The zero-order chi connectivity index (χ0) is 26.2. The fourth-order valence-corrected chi connectivity index (χ4v) is 4.60. The number of ether oxygens (including phenoxy) is 1. The molecule has 196 valence electrons. The highest BCUT2D eigenvalue weighted by atomic mass is 19.3. The molecule has 0 aliphatic carbocycles. The third-order valence-electron chi connectivity index (χ3n) is 6.52. The van der Waals surface area contributed by atoms with E-state index in [2.05, 4.69) is 25.2 Å². The predicted molar refractivity (Wildman–Crippen MR) is 123 cm³/mol. The molecule has 3 aromatic rings. The second-order valence-corrected chi connectivity index (χ2v) is 9.24. The first kappa shape index (κ1) is 24.8. The van der Waals surface area contributed by atoms with Gasteiger partial charge in [0.15, 0.2) is 17.3 Å². The summed E-state index contributed by atoms with van der Waals surface area (Å²) in [5.41, 5.74) is 3.41.